The van der Waals surface area contributed by atoms with Gasteiger partial charge in [-0.1, -0.05) is 25.1 Å². The first-order chi connectivity index (χ1) is 10.5. The number of carbonyl (C=O) groups excluding carboxylic acids is 1. The van der Waals surface area contributed by atoms with Crippen LogP contribution < -0.4 is 11.1 Å². The number of nitrogens with one attached hydrogen (secondary N) is 1. The predicted octanol–water partition coefficient (Wildman–Crippen LogP) is 2.87. The van der Waals surface area contributed by atoms with E-state index in [1.165, 1.54) is 12.1 Å². The monoisotopic (exact) mass is 299 g/mol. The highest BCUT2D eigenvalue weighted by molar-refractivity contribution is 5.93. The van der Waals surface area contributed by atoms with E-state index in [9.17, 15) is 14.9 Å². The molecule has 0 saturated carbocycles. The van der Waals surface area contributed by atoms with Crippen LogP contribution in [0.25, 0.3) is 0 Å². The van der Waals surface area contributed by atoms with Gasteiger partial charge in [-0.25, -0.2) is 0 Å². The number of nitrogens with two attached hydrogens (primary N) is 1. The molecule has 2 rings (SSSR count). The molecule has 0 heterocycles. The molecule has 2 aromatic carbocycles. The molecule has 3 N–H and O–H groups in total. The van der Waals surface area contributed by atoms with Crippen molar-refractivity contribution < 1.29 is 9.72 Å². The summed E-state index contributed by atoms with van der Waals surface area (Å²) in [5.74, 6) is -0.682. The third-order valence-electron chi connectivity index (χ3n) is 3.43. The van der Waals surface area contributed by atoms with Gasteiger partial charge in [-0.3, -0.25) is 14.9 Å². The minimum absolute atomic E-state index is 0.113. The number of anilines is 1. The van der Waals surface area contributed by atoms with Crippen LogP contribution in [0.2, 0.25) is 0 Å². The van der Waals surface area contributed by atoms with Gasteiger partial charge in [0, 0.05) is 29.4 Å². The molecule has 114 valence electrons. The van der Waals surface area contributed by atoms with Crippen LogP contribution in [0, 0.1) is 10.1 Å². The SMILES string of the molecule is CCc1ccccc1NCc1ccc(C(N)=O)cc1[N+](=O)[O-]. The largest absolute Gasteiger partial charge is 0.380 e. The first kappa shape index (κ1) is 15.5. The minimum Gasteiger partial charge on any atom is -0.380 e. The lowest BCUT2D eigenvalue weighted by atomic mass is 10.1. The van der Waals surface area contributed by atoms with Crippen molar-refractivity contribution in [2.45, 2.75) is 19.9 Å². The van der Waals surface area contributed by atoms with Gasteiger partial charge in [0.15, 0.2) is 0 Å². The second-order valence-electron chi connectivity index (χ2n) is 4.83. The van der Waals surface area contributed by atoms with Gasteiger partial charge in [-0.15, -0.1) is 0 Å². The Morgan fingerprint density at radius 3 is 2.59 bits per heavy atom. The second kappa shape index (κ2) is 6.71. The number of hydrogen-bond donors (Lipinski definition) is 2. The van der Waals surface area contributed by atoms with Gasteiger partial charge in [-0.2, -0.15) is 0 Å². The smallest absolute Gasteiger partial charge is 0.275 e. The van der Waals surface area contributed by atoms with Gasteiger partial charge >= 0.3 is 0 Å². The van der Waals surface area contributed by atoms with Crippen LogP contribution >= 0.6 is 0 Å². The highest BCUT2D eigenvalue weighted by Gasteiger charge is 2.16. The summed E-state index contributed by atoms with van der Waals surface area (Å²) in [5, 5.41) is 14.4. The zero-order valence-electron chi connectivity index (χ0n) is 12.2. The Bertz CT molecular complexity index is 714. The zero-order chi connectivity index (χ0) is 16.1. The molecular formula is C16H17N3O3. The molecule has 1 amide bonds. The first-order valence-corrected chi connectivity index (χ1v) is 6.91. The molecule has 22 heavy (non-hydrogen) atoms. The Labute approximate surface area is 128 Å². The van der Waals surface area contributed by atoms with E-state index in [1.54, 1.807) is 6.07 Å². The van der Waals surface area contributed by atoms with E-state index < -0.39 is 10.8 Å². The Balaban J connectivity index is 2.26. The van der Waals surface area contributed by atoms with Gasteiger partial charge in [0.25, 0.3) is 5.69 Å². The molecule has 0 bridgehead atoms. The molecular weight excluding hydrogens is 282 g/mol. The van der Waals surface area contributed by atoms with Crippen molar-refractivity contribution in [3.05, 3.63) is 69.3 Å². The molecule has 0 aliphatic rings. The number of amides is 1. The summed E-state index contributed by atoms with van der Waals surface area (Å²) in [7, 11) is 0. The summed E-state index contributed by atoms with van der Waals surface area (Å²) < 4.78 is 0. The van der Waals surface area contributed by atoms with Crippen molar-refractivity contribution >= 4 is 17.3 Å². The van der Waals surface area contributed by atoms with E-state index >= 15 is 0 Å². The van der Waals surface area contributed by atoms with E-state index in [0.717, 1.165) is 17.7 Å². The number of primary amides is 1. The van der Waals surface area contributed by atoms with Gasteiger partial charge in [0.2, 0.25) is 5.91 Å². The molecule has 0 aliphatic heterocycles. The lowest BCUT2D eigenvalue weighted by Gasteiger charge is -2.11. The summed E-state index contributed by atoms with van der Waals surface area (Å²) in [6.45, 7) is 2.34. The van der Waals surface area contributed by atoms with Crippen molar-refractivity contribution in [3.63, 3.8) is 0 Å². The number of rotatable bonds is 6. The Hall–Kier alpha value is -2.89. The molecule has 0 atom stereocenters. The van der Waals surface area contributed by atoms with Crippen LogP contribution in [-0.2, 0) is 13.0 Å². The maximum absolute atomic E-state index is 11.2. The molecule has 0 aromatic heterocycles. The average molecular weight is 299 g/mol. The summed E-state index contributed by atoms with van der Waals surface area (Å²) in [6.07, 6.45) is 0.867. The van der Waals surface area contributed by atoms with Gasteiger partial charge in [0.1, 0.15) is 0 Å². The third kappa shape index (κ3) is 3.41. The normalized spacial score (nSPS) is 10.2. The maximum atomic E-state index is 11.2. The highest BCUT2D eigenvalue weighted by Crippen LogP contribution is 2.23. The Kier molecular flexibility index (Phi) is 4.73. The molecule has 0 saturated heterocycles. The summed E-state index contributed by atoms with van der Waals surface area (Å²) in [4.78, 5) is 21.8. The first-order valence-electron chi connectivity index (χ1n) is 6.91. The maximum Gasteiger partial charge on any atom is 0.275 e. The van der Waals surface area contributed by atoms with Crippen LogP contribution in [-0.4, -0.2) is 10.8 Å². The summed E-state index contributed by atoms with van der Waals surface area (Å²) >= 11 is 0. The van der Waals surface area contributed by atoms with E-state index in [1.807, 2.05) is 31.2 Å². The fourth-order valence-electron chi connectivity index (χ4n) is 2.23. The number of nitrogens with zero attached hydrogens (tertiary/aromatic N) is 1. The van der Waals surface area contributed by atoms with Gasteiger partial charge in [0.05, 0.1) is 4.92 Å². The van der Waals surface area contributed by atoms with Crippen molar-refractivity contribution in [1.29, 1.82) is 0 Å². The van der Waals surface area contributed by atoms with Crippen LogP contribution in [0.1, 0.15) is 28.4 Å². The number of nitro groups is 1. The van der Waals surface area contributed by atoms with Gasteiger partial charge in [-0.05, 0) is 30.2 Å². The molecule has 2 aromatic rings. The van der Waals surface area contributed by atoms with Crippen molar-refractivity contribution in [2.24, 2.45) is 5.73 Å². The van der Waals surface area contributed by atoms with Crippen LogP contribution in [0.3, 0.4) is 0 Å². The quantitative estimate of drug-likeness (QED) is 0.633. The van der Waals surface area contributed by atoms with Crippen molar-refractivity contribution in [3.8, 4) is 0 Å². The Morgan fingerprint density at radius 2 is 1.95 bits per heavy atom. The molecule has 0 radical (unpaired) electrons. The number of hydrogen-bond acceptors (Lipinski definition) is 4. The lowest BCUT2D eigenvalue weighted by Crippen LogP contribution is -2.12. The lowest BCUT2D eigenvalue weighted by molar-refractivity contribution is -0.385. The molecule has 0 aliphatic carbocycles. The van der Waals surface area contributed by atoms with Crippen LogP contribution in [0.5, 0.6) is 0 Å². The number of aryl methyl sites for hydroxylation is 1. The van der Waals surface area contributed by atoms with E-state index in [0.29, 0.717) is 12.1 Å². The fraction of sp³-hybridized carbons (Fsp3) is 0.188. The van der Waals surface area contributed by atoms with Crippen LogP contribution in [0.4, 0.5) is 11.4 Å². The van der Waals surface area contributed by atoms with Crippen molar-refractivity contribution in [2.75, 3.05) is 5.32 Å². The predicted molar refractivity (Wildman–Crippen MR) is 84.8 cm³/mol. The van der Waals surface area contributed by atoms with E-state index in [4.69, 9.17) is 5.73 Å². The van der Waals surface area contributed by atoms with Crippen LogP contribution in [0.15, 0.2) is 42.5 Å². The number of benzene rings is 2. The second-order valence-corrected chi connectivity index (χ2v) is 4.83. The highest BCUT2D eigenvalue weighted by atomic mass is 16.6. The molecule has 6 heteroatoms. The topological polar surface area (TPSA) is 98.3 Å². The standard InChI is InChI=1S/C16H17N3O3/c1-2-11-5-3-4-6-14(11)18-10-13-8-7-12(16(17)20)9-15(13)19(21)22/h3-9,18H,2,10H2,1H3,(H2,17,20). The summed E-state index contributed by atoms with van der Waals surface area (Å²) in [6, 6.07) is 12.1. The van der Waals surface area contributed by atoms with E-state index in [-0.39, 0.29) is 11.3 Å². The molecule has 0 fully saturated rings. The van der Waals surface area contributed by atoms with E-state index in [2.05, 4.69) is 5.32 Å². The fourth-order valence-corrected chi connectivity index (χ4v) is 2.23. The average Bonchev–Trinajstić information content (AvgIpc) is 2.52. The summed E-state index contributed by atoms with van der Waals surface area (Å²) in [5.41, 5.74) is 7.76. The number of para-hydroxylation sites is 1. The van der Waals surface area contributed by atoms with Gasteiger partial charge < -0.3 is 11.1 Å². The Morgan fingerprint density at radius 1 is 1.23 bits per heavy atom. The molecule has 0 spiro atoms. The number of nitro benzene ring substituents is 1. The van der Waals surface area contributed by atoms with Crippen molar-refractivity contribution in [1.82, 2.24) is 0 Å². The molecule has 6 nitrogen and oxygen atoms in total. The zero-order valence-corrected chi connectivity index (χ0v) is 12.2. The number of carbonyl (C=O) groups is 1. The third-order valence-corrected chi connectivity index (χ3v) is 3.43. The minimum atomic E-state index is -0.682. The molecule has 0 unspecified atom stereocenters.